The Balaban J connectivity index is 2.47. The number of ether oxygens (including phenoxy) is 2. The Morgan fingerprint density at radius 3 is 2.72 bits per heavy atom. The van der Waals surface area contributed by atoms with Gasteiger partial charge in [-0.3, -0.25) is 0 Å². The second kappa shape index (κ2) is 8.57. The Labute approximate surface area is 109 Å². The van der Waals surface area contributed by atoms with Crippen LogP contribution in [0.3, 0.4) is 0 Å². The zero-order valence-electron chi connectivity index (χ0n) is 11.2. The van der Waals surface area contributed by atoms with Crippen LogP contribution in [0.4, 0.5) is 0 Å². The summed E-state index contributed by atoms with van der Waals surface area (Å²) in [4.78, 5) is 0. The Bertz CT molecular complexity index is 418. The minimum Gasteiger partial charge on any atom is -0.491 e. The van der Waals surface area contributed by atoms with Crippen LogP contribution in [-0.4, -0.2) is 26.4 Å². The summed E-state index contributed by atoms with van der Waals surface area (Å²) in [5.41, 5.74) is 7.38. The standard InChI is InChI=1S/C15H21NO2/c1-3-9-17-10-11-18-15-7-6-14(5-4-8-16)12-13(15)2/h6-7,12H,3,8-11,16H2,1-2H3. The van der Waals surface area contributed by atoms with Crippen LogP contribution < -0.4 is 10.5 Å². The van der Waals surface area contributed by atoms with Gasteiger partial charge in [0.25, 0.3) is 0 Å². The van der Waals surface area contributed by atoms with Crippen LogP contribution in [0, 0.1) is 18.8 Å². The molecule has 0 heterocycles. The largest absolute Gasteiger partial charge is 0.491 e. The average molecular weight is 247 g/mol. The smallest absolute Gasteiger partial charge is 0.122 e. The van der Waals surface area contributed by atoms with Gasteiger partial charge < -0.3 is 15.2 Å². The van der Waals surface area contributed by atoms with Crippen molar-refractivity contribution in [3.05, 3.63) is 29.3 Å². The molecule has 1 rings (SSSR count). The van der Waals surface area contributed by atoms with Crippen molar-refractivity contribution in [1.29, 1.82) is 0 Å². The van der Waals surface area contributed by atoms with E-state index in [0.29, 0.717) is 19.8 Å². The van der Waals surface area contributed by atoms with E-state index in [1.807, 2.05) is 25.1 Å². The van der Waals surface area contributed by atoms with Gasteiger partial charge in [-0.2, -0.15) is 0 Å². The molecule has 0 fully saturated rings. The highest BCUT2D eigenvalue weighted by atomic mass is 16.5. The normalized spacial score (nSPS) is 9.72. The molecule has 3 nitrogen and oxygen atoms in total. The van der Waals surface area contributed by atoms with Crippen molar-refractivity contribution in [2.75, 3.05) is 26.4 Å². The molecule has 0 radical (unpaired) electrons. The first-order chi connectivity index (χ1) is 8.77. The summed E-state index contributed by atoms with van der Waals surface area (Å²) in [6.45, 7) is 6.47. The van der Waals surface area contributed by atoms with Gasteiger partial charge in [0.1, 0.15) is 12.4 Å². The quantitative estimate of drug-likeness (QED) is 0.618. The lowest BCUT2D eigenvalue weighted by atomic mass is 10.1. The van der Waals surface area contributed by atoms with E-state index in [9.17, 15) is 0 Å². The molecule has 1 aromatic rings. The third-order valence-corrected chi connectivity index (χ3v) is 2.34. The van der Waals surface area contributed by atoms with Gasteiger partial charge in [0.2, 0.25) is 0 Å². The summed E-state index contributed by atoms with van der Waals surface area (Å²) < 4.78 is 11.0. The van der Waals surface area contributed by atoms with Crippen molar-refractivity contribution in [2.24, 2.45) is 5.73 Å². The Kier molecular flexibility index (Phi) is 6.93. The lowest BCUT2D eigenvalue weighted by Gasteiger charge is -2.09. The van der Waals surface area contributed by atoms with Crippen molar-refractivity contribution in [2.45, 2.75) is 20.3 Å². The average Bonchev–Trinajstić information content (AvgIpc) is 2.38. The van der Waals surface area contributed by atoms with Crippen molar-refractivity contribution in [3.63, 3.8) is 0 Å². The molecule has 3 heteroatoms. The van der Waals surface area contributed by atoms with E-state index in [-0.39, 0.29) is 0 Å². The monoisotopic (exact) mass is 247 g/mol. The number of aryl methyl sites for hydroxylation is 1. The maximum absolute atomic E-state index is 5.64. The first-order valence-corrected chi connectivity index (χ1v) is 6.28. The molecule has 0 aliphatic carbocycles. The summed E-state index contributed by atoms with van der Waals surface area (Å²) in [7, 11) is 0. The molecule has 0 aliphatic heterocycles. The van der Waals surface area contributed by atoms with Crippen LogP contribution in [0.25, 0.3) is 0 Å². The molecule has 18 heavy (non-hydrogen) atoms. The third-order valence-electron chi connectivity index (χ3n) is 2.34. The second-order valence-corrected chi connectivity index (χ2v) is 3.95. The molecule has 0 atom stereocenters. The summed E-state index contributed by atoms with van der Waals surface area (Å²) in [6, 6.07) is 5.89. The van der Waals surface area contributed by atoms with Gasteiger partial charge in [0.15, 0.2) is 0 Å². The third kappa shape index (κ3) is 5.22. The highest BCUT2D eigenvalue weighted by molar-refractivity contribution is 5.43. The molecule has 0 aliphatic rings. The summed E-state index contributed by atoms with van der Waals surface area (Å²) >= 11 is 0. The van der Waals surface area contributed by atoms with Gasteiger partial charge in [-0.15, -0.1) is 0 Å². The van der Waals surface area contributed by atoms with Crippen molar-refractivity contribution in [3.8, 4) is 17.6 Å². The number of nitrogens with two attached hydrogens (primary N) is 1. The molecule has 2 N–H and O–H groups in total. The summed E-state index contributed by atoms with van der Waals surface area (Å²) in [5, 5.41) is 0. The molecule has 0 saturated carbocycles. The second-order valence-electron chi connectivity index (χ2n) is 3.95. The van der Waals surface area contributed by atoms with E-state index in [2.05, 4.69) is 18.8 Å². The van der Waals surface area contributed by atoms with Crippen molar-refractivity contribution in [1.82, 2.24) is 0 Å². The first kappa shape index (κ1) is 14.6. The van der Waals surface area contributed by atoms with Crippen LogP contribution in [-0.2, 0) is 4.74 Å². The molecule has 98 valence electrons. The molecule has 0 spiro atoms. The first-order valence-electron chi connectivity index (χ1n) is 6.28. The molecule has 0 bridgehead atoms. The predicted octanol–water partition coefficient (Wildman–Crippen LogP) is 2.11. The molecular weight excluding hydrogens is 226 g/mol. The maximum Gasteiger partial charge on any atom is 0.122 e. The van der Waals surface area contributed by atoms with Gasteiger partial charge in [-0.1, -0.05) is 18.8 Å². The lowest BCUT2D eigenvalue weighted by molar-refractivity contribution is 0.100. The predicted molar refractivity (Wildman–Crippen MR) is 73.7 cm³/mol. The lowest BCUT2D eigenvalue weighted by Crippen LogP contribution is -2.07. The fourth-order valence-electron chi connectivity index (χ4n) is 1.50. The summed E-state index contributed by atoms with van der Waals surface area (Å²) in [6.07, 6.45) is 1.04. The van der Waals surface area contributed by atoms with E-state index >= 15 is 0 Å². The zero-order valence-corrected chi connectivity index (χ0v) is 11.2. The highest BCUT2D eigenvalue weighted by Crippen LogP contribution is 2.18. The van der Waals surface area contributed by atoms with Crippen LogP contribution in [0.1, 0.15) is 24.5 Å². The molecular formula is C15H21NO2. The number of hydrogen-bond donors (Lipinski definition) is 1. The molecule has 0 unspecified atom stereocenters. The van der Waals surface area contributed by atoms with E-state index in [1.165, 1.54) is 0 Å². The van der Waals surface area contributed by atoms with Gasteiger partial charge >= 0.3 is 0 Å². The highest BCUT2D eigenvalue weighted by Gasteiger charge is 2.00. The minimum atomic E-state index is 0.381. The van der Waals surface area contributed by atoms with Gasteiger partial charge in [-0.05, 0) is 37.1 Å². The van der Waals surface area contributed by atoms with Gasteiger partial charge in [0, 0.05) is 12.2 Å². The van der Waals surface area contributed by atoms with Gasteiger partial charge in [0.05, 0.1) is 13.2 Å². The zero-order chi connectivity index (χ0) is 13.2. The Morgan fingerprint density at radius 1 is 1.22 bits per heavy atom. The number of hydrogen-bond acceptors (Lipinski definition) is 3. The van der Waals surface area contributed by atoms with E-state index in [0.717, 1.165) is 29.9 Å². The van der Waals surface area contributed by atoms with Crippen LogP contribution in [0.5, 0.6) is 5.75 Å². The van der Waals surface area contributed by atoms with E-state index in [4.69, 9.17) is 15.2 Å². The maximum atomic E-state index is 5.64. The Morgan fingerprint density at radius 2 is 2.06 bits per heavy atom. The van der Waals surface area contributed by atoms with Crippen molar-refractivity contribution >= 4 is 0 Å². The Hall–Kier alpha value is -1.50. The van der Waals surface area contributed by atoms with Crippen LogP contribution in [0.15, 0.2) is 18.2 Å². The van der Waals surface area contributed by atoms with Crippen LogP contribution >= 0.6 is 0 Å². The van der Waals surface area contributed by atoms with E-state index in [1.54, 1.807) is 0 Å². The molecule has 1 aromatic carbocycles. The van der Waals surface area contributed by atoms with E-state index < -0.39 is 0 Å². The molecule has 0 aromatic heterocycles. The van der Waals surface area contributed by atoms with Crippen molar-refractivity contribution < 1.29 is 9.47 Å². The fraction of sp³-hybridized carbons (Fsp3) is 0.467. The SMILES string of the molecule is CCCOCCOc1ccc(C#CCN)cc1C. The number of benzene rings is 1. The van der Waals surface area contributed by atoms with Gasteiger partial charge in [-0.25, -0.2) is 0 Å². The number of rotatable bonds is 6. The molecule has 0 amide bonds. The summed E-state index contributed by atoms with van der Waals surface area (Å²) in [5.74, 6) is 6.72. The minimum absolute atomic E-state index is 0.381. The van der Waals surface area contributed by atoms with Crippen LogP contribution in [0.2, 0.25) is 0 Å². The topological polar surface area (TPSA) is 44.5 Å². The molecule has 0 saturated heterocycles. The fourth-order valence-corrected chi connectivity index (χ4v) is 1.50.